The first-order chi connectivity index (χ1) is 16.5. The van der Waals surface area contributed by atoms with Crippen molar-refractivity contribution in [3.05, 3.63) is 53.7 Å². The molecule has 2 heterocycles. The fourth-order valence-electron chi connectivity index (χ4n) is 4.11. The van der Waals surface area contributed by atoms with E-state index < -0.39 is 0 Å². The summed E-state index contributed by atoms with van der Waals surface area (Å²) in [6, 6.07) is 13.4. The molecule has 1 fully saturated rings. The standard InChI is InChI=1S/C27H33N3O4/c1-5-33-25-17-24(30-11-13-32-14-12-30)26(34-6-2)16-23(25)29-27(31)20-15-22(18(3)4)28-21-10-8-7-9-19(20)21/h7-10,15-18H,5-6,11-14H2,1-4H3,(H,29,31). The summed E-state index contributed by atoms with van der Waals surface area (Å²) in [4.78, 5) is 20.5. The van der Waals surface area contributed by atoms with Crippen molar-refractivity contribution in [3.8, 4) is 11.5 Å². The molecule has 1 aliphatic heterocycles. The van der Waals surface area contributed by atoms with Crippen LogP contribution in [0.15, 0.2) is 42.5 Å². The number of fused-ring (bicyclic) bond motifs is 1. The van der Waals surface area contributed by atoms with Gasteiger partial charge in [-0.1, -0.05) is 32.0 Å². The highest BCUT2D eigenvalue weighted by Crippen LogP contribution is 2.39. The Bertz CT molecular complexity index is 1160. The zero-order chi connectivity index (χ0) is 24.1. The second kappa shape index (κ2) is 10.7. The van der Waals surface area contributed by atoms with E-state index in [4.69, 9.17) is 19.2 Å². The third-order valence-corrected chi connectivity index (χ3v) is 5.83. The molecule has 0 bridgehead atoms. The summed E-state index contributed by atoms with van der Waals surface area (Å²) < 4.78 is 17.4. The molecule has 34 heavy (non-hydrogen) atoms. The van der Waals surface area contributed by atoms with Crippen LogP contribution in [0.3, 0.4) is 0 Å². The molecule has 1 aliphatic rings. The molecule has 0 radical (unpaired) electrons. The highest BCUT2D eigenvalue weighted by molar-refractivity contribution is 6.13. The minimum absolute atomic E-state index is 0.201. The van der Waals surface area contributed by atoms with Gasteiger partial charge in [0.15, 0.2) is 0 Å². The number of nitrogens with zero attached hydrogens (tertiary/aromatic N) is 2. The summed E-state index contributed by atoms with van der Waals surface area (Å²) in [5, 5.41) is 3.90. The van der Waals surface area contributed by atoms with E-state index in [-0.39, 0.29) is 11.8 Å². The Kier molecular flexibility index (Phi) is 7.53. The quantitative estimate of drug-likeness (QED) is 0.492. The molecule has 2 aromatic carbocycles. The minimum atomic E-state index is -0.206. The van der Waals surface area contributed by atoms with Gasteiger partial charge in [-0.2, -0.15) is 0 Å². The van der Waals surface area contributed by atoms with E-state index in [0.29, 0.717) is 49.2 Å². The van der Waals surface area contributed by atoms with Crippen LogP contribution in [0.4, 0.5) is 11.4 Å². The minimum Gasteiger partial charge on any atom is -0.492 e. The molecule has 7 nitrogen and oxygen atoms in total. The average molecular weight is 464 g/mol. The fourth-order valence-corrected chi connectivity index (χ4v) is 4.11. The van der Waals surface area contributed by atoms with Gasteiger partial charge in [-0.3, -0.25) is 9.78 Å². The molecule has 0 aliphatic carbocycles. The van der Waals surface area contributed by atoms with Gasteiger partial charge in [0, 0.05) is 36.3 Å². The predicted molar refractivity (Wildman–Crippen MR) is 136 cm³/mol. The van der Waals surface area contributed by atoms with E-state index in [1.54, 1.807) is 0 Å². The summed E-state index contributed by atoms with van der Waals surface area (Å²) in [6.45, 7) is 11.9. The second-order valence-corrected chi connectivity index (χ2v) is 8.50. The molecule has 0 saturated carbocycles. The van der Waals surface area contributed by atoms with Gasteiger partial charge in [0.05, 0.1) is 48.9 Å². The summed E-state index contributed by atoms with van der Waals surface area (Å²) in [7, 11) is 0. The molecule has 4 rings (SSSR count). The van der Waals surface area contributed by atoms with Gasteiger partial charge in [-0.15, -0.1) is 0 Å². The SMILES string of the molecule is CCOc1cc(N2CCOCC2)c(OCC)cc1NC(=O)c1cc(C(C)C)nc2ccccc12. The first kappa shape index (κ1) is 23.8. The van der Waals surface area contributed by atoms with Crippen molar-refractivity contribution in [2.45, 2.75) is 33.6 Å². The molecular formula is C27H33N3O4. The lowest BCUT2D eigenvalue weighted by Crippen LogP contribution is -2.36. The molecular weight excluding hydrogens is 430 g/mol. The summed E-state index contributed by atoms with van der Waals surface area (Å²) >= 11 is 0. The van der Waals surface area contributed by atoms with Crippen molar-refractivity contribution >= 4 is 28.2 Å². The predicted octanol–water partition coefficient (Wildman–Crippen LogP) is 5.24. The third-order valence-electron chi connectivity index (χ3n) is 5.83. The van der Waals surface area contributed by atoms with Gasteiger partial charge >= 0.3 is 0 Å². The molecule has 1 N–H and O–H groups in total. The van der Waals surface area contributed by atoms with Gasteiger partial charge in [0.25, 0.3) is 5.91 Å². The molecule has 180 valence electrons. The van der Waals surface area contributed by atoms with Crippen LogP contribution >= 0.6 is 0 Å². The number of amides is 1. The maximum absolute atomic E-state index is 13.6. The molecule has 0 unspecified atom stereocenters. The van der Waals surface area contributed by atoms with Crippen molar-refractivity contribution < 1.29 is 19.0 Å². The number of hydrogen-bond acceptors (Lipinski definition) is 6. The third kappa shape index (κ3) is 5.09. The topological polar surface area (TPSA) is 72.9 Å². The lowest BCUT2D eigenvalue weighted by atomic mass is 10.0. The van der Waals surface area contributed by atoms with Crippen LogP contribution < -0.4 is 19.7 Å². The maximum atomic E-state index is 13.6. The Labute approximate surface area is 201 Å². The lowest BCUT2D eigenvalue weighted by Gasteiger charge is -2.31. The number of carbonyl (C=O) groups excluding carboxylic acids is 1. The van der Waals surface area contributed by atoms with E-state index in [1.165, 1.54) is 0 Å². The largest absolute Gasteiger partial charge is 0.492 e. The lowest BCUT2D eigenvalue weighted by molar-refractivity contribution is 0.102. The Morgan fingerprint density at radius 1 is 1.06 bits per heavy atom. The van der Waals surface area contributed by atoms with E-state index in [0.717, 1.165) is 35.4 Å². The average Bonchev–Trinajstić information content (AvgIpc) is 2.85. The summed E-state index contributed by atoms with van der Waals surface area (Å²) in [5.41, 5.74) is 3.81. The van der Waals surface area contributed by atoms with Crippen molar-refractivity contribution in [1.82, 2.24) is 4.98 Å². The first-order valence-corrected chi connectivity index (χ1v) is 12.0. The highest BCUT2D eigenvalue weighted by atomic mass is 16.5. The van der Waals surface area contributed by atoms with E-state index >= 15 is 0 Å². The van der Waals surface area contributed by atoms with Crippen LogP contribution in [0, 0.1) is 0 Å². The van der Waals surface area contributed by atoms with Crippen molar-refractivity contribution in [2.75, 3.05) is 49.7 Å². The summed E-state index contributed by atoms with van der Waals surface area (Å²) in [6.07, 6.45) is 0. The van der Waals surface area contributed by atoms with E-state index in [9.17, 15) is 4.79 Å². The number of aromatic nitrogens is 1. The van der Waals surface area contributed by atoms with Crippen LogP contribution in [0.25, 0.3) is 10.9 Å². The number of morpholine rings is 1. The Balaban J connectivity index is 1.74. The number of ether oxygens (including phenoxy) is 3. The molecule has 1 saturated heterocycles. The smallest absolute Gasteiger partial charge is 0.256 e. The van der Waals surface area contributed by atoms with Gasteiger partial charge in [-0.05, 0) is 31.9 Å². The normalized spacial score (nSPS) is 13.9. The molecule has 0 atom stereocenters. The van der Waals surface area contributed by atoms with Crippen LogP contribution in [0.5, 0.6) is 11.5 Å². The van der Waals surface area contributed by atoms with Crippen LogP contribution in [-0.4, -0.2) is 50.4 Å². The van der Waals surface area contributed by atoms with Crippen LogP contribution in [-0.2, 0) is 4.74 Å². The number of para-hydroxylation sites is 1. The number of nitrogens with one attached hydrogen (secondary N) is 1. The monoisotopic (exact) mass is 463 g/mol. The number of pyridine rings is 1. The van der Waals surface area contributed by atoms with E-state index in [2.05, 4.69) is 24.1 Å². The number of benzene rings is 2. The second-order valence-electron chi connectivity index (χ2n) is 8.50. The van der Waals surface area contributed by atoms with Crippen molar-refractivity contribution in [3.63, 3.8) is 0 Å². The van der Waals surface area contributed by atoms with Crippen LogP contribution in [0.1, 0.15) is 49.7 Å². The highest BCUT2D eigenvalue weighted by Gasteiger charge is 2.22. The zero-order valence-corrected chi connectivity index (χ0v) is 20.4. The van der Waals surface area contributed by atoms with Crippen molar-refractivity contribution in [2.24, 2.45) is 0 Å². The molecule has 7 heteroatoms. The van der Waals surface area contributed by atoms with E-state index in [1.807, 2.05) is 56.3 Å². The maximum Gasteiger partial charge on any atom is 0.256 e. The Hall–Kier alpha value is -3.32. The molecule has 3 aromatic rings. The first-order valence-electron chi connectivity index (χ1n) is 12.0. The number of anilines is 2. The number of hydrogen-bond donors (Lipinski definition) is 1. The fraction of sp³-hybridized carbons (Fsp3) is 0.407. The van der Waals surface area contributed by atoms with Crippen LogP contribution in [0.2, 0.25) is 0 Å². The van der Waals surface area contributed by atoms with Crippen molar-refractivity contribution in [1.29, 1.82) is 0 Å². The Morgan fingerprint density at radius 2 is 1.76 bits per heavy atom. The summed E-state index contributed by atoms with van der Waals surface area (Å²) in [5.74, 6) is 1.32. The van der Waals surface area contributed by atoms with Gasteiger partial charge in [0.1, 0.15) is 11.5 Å². The molecule has 1 aromatic heterocycles. The Morgan fingerprint density at radius 3 is 2.47 bits per heavy atom. The number of carbonyl (C=O) groups is 1. The van der Waals surface area contributed by atoms with Gasteiger partial charge < -0.3 is 24.4 Å². The molecule has 1 amide bonds. The number of rotatable bonds is 8. The molecule has 0 spiro atoms. The van der Waals surface area contributed by atoms with Gasteiger partial charge in [0.2, 0.25) is 0 Å². The van der Waals surface area contributed by atoms with Gasteiger partial charge in [-0.25, -0.2) is 0 Å². The zero-order valence-electron chi connectivity index (χ0n) is 20.4.